The van der Waals surface area contributed by atoms with E-state index in [-0.39, 0.29) is 17.7 Å². The molecule has 3 N–H and O–H groups in total. The van der Waals surface area contributed by atoms with Gasteiger partial charge >= 0.3 is 0 Å². The molecule has 1 saturated carbocycles. The number of aromatic amines is 1. The Bertz CT molecular complexity index is 948. The van der Waals surface area contributed by atoms with Crippen LogP contribution in [-0.4, -0.2) is 27.2 Å². The van der Waals surface area contributed by atoms with Gasteiger partial charge in [0.2, 0.25) is 5.91 Å². The molecule has 4 rings (SSSR count). The molecule has 25 heavy (non-hydrogen) atoms. The van der Waals surface area contributed by atoms with Crippen molar-refractivity contribution >= 4 is 34.2 Å². The van der Waals surface area contributed by atoms with Crippen molar-refractivity contribution in [2.75, 3.05) is 10.6 Å². The fourth-order valence-electron chi connectivity index (χ4n) is 2.75. The number of carbonyl (C=O) groups is 2. The van der Waals surface area contributed by atoms with Crippen LogP contribution in [-0.2, 0) is 4.79 Å². The van der Waals surface area contributed by atoms with E-state index in [1.165, 1.54) is 0 Å². The molecule has 126 valence electrons. The van der Waals surface area contributed by atoms with E-state index in [1.54, 1.807) is 42.5 Å². The first-order valence-electron chi connectivity index (χ1n) is 8.13. The Morgan fingerprint density at radius 3 is 2.40 bits per heavy atom. The third-order valence-corrected chi connectivity index (χ3v) is 4.44. The van der Waals surface area contributed by atoms with E-state index in [1.807, 2.05) is 0 Å². The summed E-state index contributed by atoms with van der Waals surface area (Å²) in [6.07, 6.45) is 0.947. The van der Waals surface area contributed by atoms with Crippen LogP contribution in [0.1, 0.15) is 23.7 Å². The molecule has 0 radical (unpaired) electrons. The highest BCUT2D eigenvalue weighted by molar-refractivity contribution is 6.05. The molecule has 1 heterocycles. The fourth-order valence-corrected chi connectivity index (χ4v) is 2.75. The molecule has 1 fully saturated rings. The second kappa shape index (κ2) is 6.01. The maximum atomic E-state index is 12.3. The Balaban J connectivity index is 1.42. The zero-order valence-corrected chi connectivity index (χ0v) is 13.6. The molecule has 2 atom stereocenters. The Morgan fingerprint density at radius 2 is 1.68 bits per heavy atom. The first kappa shape index (κ1) is 15.3. The highest BCUT2D eigenvalue weighted by Gasteiger charge is 2.39. The highest BCUT2D eigenvalue weighted by Crippen LogP contribution is 2.38. The zero-order chi connectivity index (χ0) is 17.4. The van der Waals surface area contributed by atoms with Crippen molar-refractivity contribution in [3.05, 3.63) is 48.0 Å². The van der Waals surface area contributed by atoms with Gasteiger partial charge in [0, 0.05) is 22.9 Å². The van der Waals surface area contributed by atoms with Crippen LogP contribution in [0.4, 0.5) is 11.4 Å². The molecule has 2 amide bonds. The van der Waals surface area contributed by atoms with Crippen molar-refractivity contribution in [3.8, 4) is 0 Å². The minimum Gasteiger partial charge on any atom is -0.326 e. The van der Waals surface area contributed by atoms with E-state index < -0.39 is 0 Å². The van der Waals surface area contributed by atoms with Gasteiger partial charge in [-0.15, -0.1) is 0 Å². The minimum absolute atomic E-state index is 0.0469. The Hall–Kier alpha value is -3.22. The van der Waals surface area contributed by atoms with Crippen LogP contribution in [0.2, 0.25) is 0 Å². The summed E-state index contributed by atoms with van der Waals surface area (Å²) in [5, 5.41) is 16.2. The van der Waals surface area contributed by atoms with Crippen LogP contribution in [0.5, 0.6) is 0 Å². The van der Waals surface area contributed by atoms with Crippen LogP contribution in [0.3, 0.4) is 0 Å². The van der Waals surface area contributed by atoms with Gasteiger partial charge < -0.3 is 10.6 Å². The number of aromatic nitrogens is 3. The number of nitrogens with one attached hydrogen (secondary N) is 3. The molecule has 0 saturated heterocycles. The lowest BCUT2D eigenvalue weighted by Crippen LogP contribution is -2.15. The summed E-state index contributed by atoms with van der Waals surface area (Å²) >= 11 is 0. The molecular formula is C18H17N5O2. The first-order chi connectivity index (χ1) is 12.1. The molecule has 0 bridgehead atoms. The van der Waals surface area contributed by atoms with Crippen LogP contribution < -0.4 is 10.6 Å². The summed E-state index contributed by atoms with van der Waals surface area (Å²) in [5.74, 6) is 0.406. The monoisotopic (exact) mass is 335 g/mol. The van der Waals surface area contributed by atoms with E-state index in [0.29, 0.717) is 28.4 Å². The molecule has 7 heteroatoms. The van der Waals surface area contributed by atoms with Crippen molar-refractivity contribution in [1.82, 2.24) is 15.4 Å². The average Bonchev–Trinajstić information content (AvgIpc) is 3.16. The number of nitrogens with zero attached hydrogens (tertiary/aromatic N) is 2. The summed E-state index contributed by atoms with van der Waals surface area (Å²) in [6.45, 7) is 2.06. The number of hydrogen-bond donors (Lipinski definition) is 3. The first-order valence-corrected chi connectivity index (χ1v) is 8.13. The predicted molar refractivity (Wildman–Crippen MR) is 94.2 cm³/mol. The smallest absolute Gasteiger partial charge is 0.255 e. The number of amides is 2. The van der Waals surface area contributed by atoms with Gasteiger partial charge in [-0.25, -0.2) is 0 Å². The normalized spacial score (nSPS) is 18.8. The predicted octanol–water partition coefficient (Wildman–Crippen LogP) is 2.80. The van der Waals surface area contributed by atoms with Gasteiger partial charge in [0.05, 0.1) is 0 Å². The lowest BCUT2D eigenvalue weighted by Gasteiger charge is -2.07. The maximum Gasteiger partial charge on any atom is 0.255 e. The highest BCUT2D eigenvalue weighted by atomic mass is 16.2. The van der Waals surface area contributed by atoms with Crippen LogP contribution in [0.15, 0.2) is 42.5 Å². The zero-order valence-electron chi connectivity index (χ0n) is 13.6. The SMILES string of the molecule is C[C@H]1C[C@H]1C(=O)Nc1ccc(C(=O)Nc2ccc3n[nH]nc3c2)cc1. The fraction of sp³-hybridized carbons (Fsp3) is 0.222. The molecule has 3 aromatic rings. The standard InChI is InChI=1S/C18H17N5O2/c1-10-8-14(10)18(25)19-12-4-2-11(3-5-12)17(24)20-13-6-7-15-16(9-13)22-23-21-15/h2-7,9-10,14H,8H2,1H3,(H,19,25)(H,20,24)(H,21,22,23)/t10-,14+/m0/s1. The van der Waals surface area contributed by atoms with Crippen LogP contribution in [0, 0.1) is 11.8 Å². The molecule has 2 aromatic carbocycles. The van der Waals surface area contributed by atoms with Gasteiger partial charge in [-0.2, -0.15) is 15.4 Å². The Labute approximate surface area is 143 Å². The lowest BCUT2D eigenvalue weighted by atomic mass is 10.1. The van der Waals surface area contributed by atoms with Crippen molar-refractivity contribution < 1.29 is 9.59 Å². The topological polar surface area (TPSA) is 99.8 Å². The number of rotatable bonds is 4. The van der Waals surface area contributed by atoms with Crippen LogP contribution >= 0.6 is 0 Å². The molecule has 7 nitrogen and oxygen atoms in total. The van der Waals surface area contributed by atoms with E-state index in [9.17, 15) is 9.59 Å². The molecule has 1 aliphatic rings. The van der Waals surface area contributed by atoms with Crippen molar-refractivity contribution in [2.45, 2.75) is 13.3 Å². The van der Waals surface area contributed by atoms with Crippen molar-refractivity contribution in [3.63, 3.8) is 0 Å². The summed E-state index contributed by atoms with van der Waals surface area (Å²) in [7, 11) is 0. The average molecular weight is 335 g/mol. The summed E-state index contributed by atoms with van der Waals surface area (Å²) in [4.78, 5) is 24.3. The lowest BCUT2D eigenvalue weighted by molar-refractivity contribution is -0.117. The largest absolute Gasteiger partial charge is 0.326 e. The van der Waals surface area contributed by atoms with Gasteiger partial charge in [-0.05, 0) is 54.8 Å². The van der Waals surface area contributed by atoms with Gasteiger partial charge in [0.1, 0.15) is 11.0 Å². The minimum atomic E-state index is -0.225. The quantitative estimate of drug-likeness (QED) is 0.682. The molecule has 0 unspecified atom stereocenters. The molecule has 1 aromatic heterocycles. The molecule has 1 aliphatic carbocycles. The van der Waals surface area contributed by atoms with E-state index in [4.69, 9.17) is 0 Å². The Morgan fingerprint density at radius 1 is 1.00 bits per heavy atom. The van der Waals surface area contributed by atoms with Gasteiger partial charge in [-0.3, -0.25) is 9.59 Å². The second-order valence-corrected chi connectivity index (χ2v) is 6.37. The Kier molecular flexibility index (Phi) is 3.68. The second-order valence-electron chi connectivity index (χ2n) is 6.37. The van der Waals surface area contributed by atoms with Crippen molar-refractivity contribution in [1.29, 1.82) is 0 Å². The van der Waals surface area contributed by atoms with Crippen LogP contribution in [0.25, 0.3) is 11.0 Å². The van der Waals surface area contributed by atoms with E-state index in [0.717, 1.165) is 11.9 Å². The van der Waals surface area contributed by atoms with E-state index >= 15 is 0 Å². The third kappa shape index (κ3) is 3.21. The van der Waals surface area contributed by atoms with Gasteiger partial charge in [-0.1, -0.05) is 6.92 Å². The number of fused-ring (bicyclic) bond motifs is 1. The van der Waals surface area contributed by atoms with Crippen molar-refractivity contribution in [2.24, 2.45) is 11.8 Å². The number of hydrogen-bond acceptors (Lipinski definition) is 4. The van der Waals surface area contributed by atoms with Gasteiger partial charge in [0.25, 0.3) is 5.91 Å². The van der Waals surface area contributed by atoms with Gasteiger partial charge in [0.15, 0.2) is 0 Å². The summed E-state index contributed by atoms with van der Waals surface area (Å²) < 4.78 is 0. The third-order valence-electron chi connectivity index (χ3n) is 4.44. The number of carbonyl (C=O) groups excluding carboxylic acids is 2. The number of benzene rings is 2. The number of H-pyrrole nitrogens is 1. The molecular weight excluding hydrogens is 318 g/mol. The maximum absolute atomic E-state index is 12.3. The molecule has 0 spiro atoms. The van der Waals surface area contributed by atoms with E-state index in [2.05, 4.69) is 33.0 Å². The molecule has 0 aliphatic heterocycles. The summed E-state index contributed by atoms with van der Waals surface area (Å²) in [5.41, 5.74) is 3.28. The summed E-state index contributed by atoms with van der Waals surface area (Å²) in [6, 6.07) is 12.2. The number of anilines is 2.